The van der Waals surface area contributed by atoms with Crippen LogP contribution in [0.3, 0.4) is 0 Å². The first-order valence-electron chi connectivity index (χ1n) is 8.91. The molecule has 3 rings (SSSR count). The first kappa shape index (κ1) is 17.3. The molecule has 3 heterocycles. The van der Waals surface area contributed by atoms with Crippen molar-refractivity contribution < 1.29 is 9.53 Å². The summed E-state index contributed by atoms with van der Waals surface area (Å²) in [4.78, 5) is 21.3. The predicted octanol–water partition coefficient (Wildman–Crippen LogP) is 0.740. The van der Waals surface area contributed by atoms with Gasteiger partial charge in [0.15, 0.2) is 0 Å². The zero-order chi connectivity index (χ0) is 16.8. The van der Waals surface area contributed by atoms with Crippen molar-refractivity contribution in [2.75, 3.05) is 46.4 Å². The Hall–Kier alpha value is -1.50. The first-order valence-corrected chi connectivity index (χ1v) is 8.91. The van der Waals surface area contributed by atoms with Gasteiger partial charge in [0.2, 0.25) is 5.91 Å². The molecule has 6 heteroatoms. The number of nitrogens with one attached hydrogen (secondary N) is 1. The van der Waals surface area contributed by atoms with Crippen molar-refractivity contribution in [2.24, 2.45) is 5.92 Å². The highest BCUT2D eigenvalue weighted by atomic mass is 16.5. The molecule has 6 nitrogen and oxygen atoms in total. The number of nitrogens with zero attached hydrogens (tertiary/aromatic N) is 3. The van der Waals surface area contributed by atoms with Crippen LogP contribution in [0, 0.1) is 5.92 Å². The first-order chi connectivity index (χ1) is 11.8. The minimum atomic E-state index is 0.0159. The van der Waals surface area contributed by atoms with Crippen LogP contribution in [-0.2, 0) is 16.1 Å². The smallest absolute Gasteiger partial charge is 0.225 e. The summed E-state index contributed by atoms with van der Waals surface area (Å²) in [7, 11) is 1.74. The van der Waals surface area contributed by atoms with Gasteiger partial charge < -0.3 is 10.1 Å². The van der Waals surface area contributed by atoms with Crippen molar-refractivity contribution in [2.45, 2.75) is 25.4 Å². The molecule has 132 valence electrons. The van der Waals surface area contributed by atoms with Crippen LogP contribution in [0.2, 0.25) is 0 Å². The third-order valence-electron chi connectivity index (χ3n) is 5.12. The second-order valence-electron chi connectivity index (χ2n) is 6.74. The van der Waals surface area contributed by atoms with E-state index in [9.17, 15) is 4.79 Å². The Balaban J connectivity index is 1.68. The summed E-state index contributed by atoms with van der Waals surface area (Å²) in [5.41, 5.74) is 1.25. The zero-order valence-corrected chi connectivity index (χ0v) is 14.5. The van der Waals surface area contributed by atoms with Crippen LogP contribution in [0.25, 0.3) is 0 Å². The SMILES string of the molecule is CNC(=O)[C@@H]1CN(Cc2ccncc2)CCN(C2CCOCC2)C1. The van der Waals surface area contributed by atoms with Crippen LogP contribution in [0.4, 0.5) is 0 Å². The molecule has 1 atom stereocenters. The maximum Gasteiger partial charge on any atom is 0.225 e. The molecule has 2 saturated heterocycles. The topological polar surface area (TPSA) is 57.7 Å². The molecule has 0 unspecified atom stereocenters. The molecule has 0 radical (unpaired) electrons. The fraction of sp³-hybridized carbons (Fsp3) is 0.667. The third kappa shape index (κ3) is 4.53. The molecule has 1 amide bonds. The van der Waals surface area contributed by atoms with Gasteiger partial charge in [-0.3, -0.25) is 19.6 Å². The van der Waals surface area contributed by atoms with E-state index < -0.39 is 0 Å². The molecule has 1 aromatic rings. The maximum atomic E-state index is 12.3. The van der Waals surface area contributed by atoms with E-state index in [0.29, 0.717) is 6.04 Å². The number of carbonyl (C=O) groups excluding carboxylic acids is 1. The lowest BCUT2D eigenvalue weighted by Gasteiger charge is -2.34. The van der Waals surface area contributed by atoms with Gasteiger partial charge in [0, 0.05) is 71.4 Å². The minimum absolute atomic E-state index is 0.0159. The number of amides is 1. The Bertz CT molecular complexity index is 519. The standard InChI is InChI=1S/C18H28N4O2/c1-19-18(23)16-13-21(12-15-2-6-20-7-3-15)8-9-22(14-16)17-4-10-24-11-5-17/h2-3,6-7,16-17H,4-5,8-14H2,1H3,(H,19,23)/t16-/m1/s1. The summed E-state index contributed by atoms with van der Waals surface area (Å²) in [6.07, 6.45) is 5.81. The van der Waals surface area contributed by atoms with E-state index in [1.165, 1.54) is 5.56 Å². The van der Waals surface area contributed by atoms with Gasteiger partial charge >= 0.3 is 0 Å². The van der Waals surface area contributed by atoms with Crippen molar-refractivity contribution >= 4 is 5.91 Å². The van der Waals surface area contributed by atoms with Gasteiger partial charge in [0.05, 0.1) is 5.92 Å². The third-order valence-corrected chi connectivity index (χ3v) is 5.12. The molecule has 0 saturated carbocycles. The summed E-state index contributed by atoms with van der Waals surface area (Å²) in [5, 5.41) is 2.84. The number of rotatable bonds is 4. The van der Waals surface area contributed by atoms with Gasteiger partial charge in [-0.2, -0.15) is 0 Å². The Kier molecular flexibility index (Phi) is 6.18. The monoisotopic (exact) mass is 332 g/mol. The van der Waals surface area contributed by atoms with Gasteiger partial charge in [-0.05, 0) is 30.5 Å². The lowest BCUT2D eigenvalue weighted by Crippen LogP contribution is -2.45. The van der Waals surface area contributed by atoms with Crippen molar-refractivity contribution in [3.63, 3.8) is 0 Å². The fourth-order valence-electron chi connectivity index (χ4n) is 3.75. The summed E-state index contributed by atoms with van der Waals surface area (Å²) >= 11 is 0. The van der Waals surface area contributed by atoms with Crippen molar-refractivity contribution in [3.05, 3.63) is 30.1 Å². The van der Waals surface area contributed by atoms with E-state index in [4.69, 9.17) is 4.74 Å². The molecule has 2 fully saturated rings. The summed E-state index contributed by atoms with van der Waals surface area (Å²) < 4.78 is 5.50. The molecule has 1 aromatic heterocycles. The molecule has 0 aliphatic carbocycles. The van der Waals surface area contributed by atoms with Gasteiger partial charge in [-0.15, -0.1) is 0 Å². The van der Waals surface area contributed by atoms with Gasteiger partial charge in [0.1, 0.15) is 0 Å². The average Bonchev–Trinajstić information content (AvgIpc) is 2.85. The number of carbonyl (C=O) groups is 1. The summed E-state index contributed by atoms with van der Waals surface area (Å²) in [5.74, 6) is 0.163. The Labute approximate surface area is 144 Å². The van der Waals surface area contributed by atoms with Crippen LogP contribution < -0.4 is 5.32 Å². The molecular formula is C18H28N4O2. The van der Waals surface area contributed by atoms with Gasteiger partial charge in [-0.25, -0.2) is 0 Å². The lowest BCUT2D eigenvalue weighted by atomic mass is 10.0. The van der Waals surface area contributed by atoms with Crippen molar-refractivity contribution in [1.29, 1.82) is 0 Å². The predicted molar refractivity (Wildman–Crippen MR) is 92.5 cm³/mol. The average molecular weight is 332 g/mol. The van der Waals surface area contributed by atoms with E-state index in [2.05, 4.69) is 32.2 Å². The molecule has 0 spiro atoms. The molecule has 0 aromatic carbocycles. The normalized spacial score (nSPS) is 24.5. The van der Waals surface area contributed by atoms with Crippen molar-refractivity contribution in [1.82, 2.24) is 20.1 Å². The number of pyridine rings is 1. The van der Waals surface area contributed by atoms with Crippen LogP contribution >= 0.6 is 0 Å². The molecule has 2 aliphatic heterocycles. The zero-order valence-electron chi connectivity index (χ0n) is 14.5. The highest BCUT2D eigenvalue weighted by Crippen LogP contribution is 2.20. The molecule has 24 heavy (non-hydrogen) atoms. The molecule has 0 bridgehead atoms. The second kappa shape index (κ2) is 8.55. The van der Waals surface area contributed by atoms with Crippen LogP contribution in [-0.4, -0.2) is 73.2 Å². The van der Waals surface area contributed by atoms with E-state index in [-0.39, 0.29) is 11.8 Å². The van der Waals surface area contributed by atoms with Crippen molar-refractivity contribution in [3.8, 4) is 0 Å². The number of hydrogen-bond acceptors (Lipinski definition) is 5. The Morgan fingerprint density at radius 2 is 2.00 bits per heavy atom. The number of aromatic nitrogens is 1. The maximum absolute atomic E-state index is 12.3. The van der Waals surface area contributed by atoms with E-state index >= 15 is 0 Å². The Morgan fingerprint density at radius 3 is 2.71 bits per heavy atom. The van der Waals surface area contributed by atoms with E-state index in [1.54, 1.807) is 7.05 Å². The molecule has 1 N–H and O–H groups in total. The highest BCUT2D eigenvalue weighted by molar-refractivity contribution is 5.78. The molecule has 2 aliphatic rings. The molecular weight excluding hydrogens is 304 g/mol. The Morgan fingerprint density at radius 1 is 1.25 bits per heavy atom. The second-order valence-corrected chi connectivity index (χ2v) is 6.74. The quantitative estimate of drug-likeness (QED) is 0.881. The number of ether oxygens (including phenoxy) is 1. The van der Waals surface area contributed by atoms with Gasteiger partial charge in [-0.1, -0.05) is 0 Å². The lowest BCUT2D eigenvalue weighted by molar-refractivity contribution is -0.125. The van der Waals surface area contributed by atoms with Crippen LogP contribution in [0.5, 0.6) is 0 Å². The fourth-order valence-corrected chi connectivity index (χ4v) is 3.75. The van der Waals surface area contributed by atoms with Crippen LogP contribution in [0.1, 0.15) is 18.4 Å². The summed E-state index contributed by atoms with van der Waals surface area (Å²) in [6, 6.07) is 4.65. The highest BCUT2D eigenvalue weighted by Gasteiger charge is 2.31. The summed E-state index contributed by atoms with van der Waals surface area (Å²) in [6.45, 7) is 6.21. The minimum Gasteiger partial charge on any atom is -0.381 e. The van der Waals surface area contributed by atoms with Gasteiger partial charge in [0.25, 0.3) is 0 Å². The number of hydrogen-bond donors (Lipinski definition) is 1. The largest absolute Gasteiger partial charge is 0.381 e. The van der Waals surface area contributed by atoms with E-state index in [0.717, 1.165) is 58.8 Å². The van der Waals surface area contributed by atoms with E-state index in [1.807, 2.05) is 12.4 Å². The van der Waals surface area contributed by atoms with Crippen LogP contribution in [0.15, 0.2) is 24.5 Å².